The molecule has 0 aromatic carbocycles. The smallest absolute Gasteiger partial charge is 0.220 e. The average Bonchev–Trinajstić information content (AvgIpc) is 2.35. The maximum absolute atomic E-state index is 11.7. The van der Waals surface area contributed by atoms with Gasteiger partial charge in [0, 0.05) is 18.7 Å². The first-order chi connectivity index (χ1) is 8.53. The number of thioether (sulfide) groups is 1. The Morgan fingerprint density at radius 1 is 1.61 bits per heavy atom. The van der Waals surface area contributed by atoms with Crippen LogP contribution in [0.25, 0.3) is 0 Å². The van der Waals surface area contributed by atoms with Gasteiger partial charge in [-0.05, 0) is 51.4 Å². The normalized spacial score (nSPS) is 23.4. The van der Waals surface area contributed by atoms with Crippen molar-refractivity contribution in [2.45, 2.75) is 38.2 Å². The van der Waals surface area contributed by atoms with Crippen molar-refractivity contribution in [3.05, 3.63) is 0 Å². The summed E-state index contributed by atoms with van der Waals surface area (Å²) in [6.45, 7) is 4.25. The van der Waals surface area contributed by atoms with E-state index in [1.807, 2.05) is 6.26 Å². The Balaban J connectivity index is 2.13. The van der Waals surface area contributed by atoms with Gasteiger partial charge in [0.05, 0.1) is 5.60 Å². The standard InChI is InChI=1S/C13H26N2O2S/c1-13(17,10-18-2)9-15-12(16)6-5-11-4-3-7-14-8-11/h11,14,17H,3-10H2,1-2H3,(H,15,16). The van der Waals surface area contributed by atoms with E-state index < -0.39 is 5.60 Å². The first-order valence-corrected chi connectivity index (χ1v) is 8.11. The summed E-state index contributed by atoms with van der Waals surface area (Å²) in [6.07, 6.45) is 5.91. The zero-order valence-electron chi connectivity index (χ0n) is 11.5. The molecule has 1 saturated heterocycles. The second-order valence-electron chi connectivity index (χ2n) is 5.46. The molecule has 1 rings (SSSR count). The van der Waals surface area contributed by atoms with Crippen molar-refractivity contribution in [3.63, 3.8) is 0 Å². The van der Waals surface area contributed by atoms with Gasteiger partial charge in [0.1, 0.15) is 0 Å². The number of aliphatic hydroxyl groups is 1. The second-order valence-corrected chi connectivity index (χ2v) is 6.32. The van der Waals surface area contributed by atoms with E-state index >= 15 is 0 Å². The van der Waals surface area contributed by atoms with Crippen LogP contribution in [0.2, 0.25) is 0 Å². The van der Waals surface area contributed by atoms with Gasteiger partial charge in [-0.1, -0.05) is 0 Å². The van der Waals surface area contributed by atoms with Gasteiger partial charge in [-0.25, -0.2) is 0 Å². The molecular formula is C13H26N2O2S. The van der Waals surface area contributed by atoms with Crippen LogP contribution in [0.3, 0.4) is 0 Å². The largest absolute Gasteiger partial charge is 0.387 e. The van der Waals surface area contributed by atoms with Gasteiger partial charge in [0.25, 0.3) is 0 Å². The maximum atomic E-state index is 11.7. The number of hydrogen-bond donors (Lipinski definition) is 3. The highest BCUT2D eigenvalue weighted by atomic mass is 32.2. The molecule has 0 spiro atoms. The second kappa shape index (κ2) is 8.02. The van der Waals surface area contributed by atoms with Gasteiger partial charge < -0.3 is 15.7 Å². The Morgan fingerprint density at radius 3 is 3.00 bits per heavy atom. The van der Waals surface area contributed by atoms with E-state index in [1.165, 1.54) is 12.8 Å². The molecule has 3 N–H and O–H groups in total. The Labute approximate surface area is 114 Å². The summed E-state index contributed by atoms with van der Waals surface area (Å²) >= 11 is 1.59. The molecule has 2 atom stereocenters. The quantitative estimate of drug-likeness (QED) is 0.648. The van der Waals surface area contributed by atoms with E-state index in [4.69, 9.17) is 0 Å². The zero-order chi connectivity index (χ0) is 13.4. The molecule has 0 radical (unpaired) electrons. The van der Waals surface area contributed by atoms with E-state index in [2.05, 4.69) is 10.6 Å². The predicted molar refractivity (Wildman–Crippen MR) is 76.8 cm³/mol. The van der Waals surface area contributed by atoms with Gasteiger partial charge in [-0.2, -0.15) is 11.8 Å². The van der Waals surface area contributed by atoms with Crippen LogP contribution in [0, 0.1) is 5.92 Å². The molecule has 1 amide bonds. The minimum Gasteiger partial charge on any atom is -0.387 e. The SMILES string of the molecule is CSCC(C)(O)CNC(=O)CCC1CCCNC1. The van der Waals surface area contributed by atoms with Gasteiger partial charge >= 0.3 is 0 Å². The van der Waals surface area contributed by atoms with Crippen LogP contribution < -0.4 is 10.6 Å². The summed E-state index contributed by atoms with van der Waals surface area (Å²) in [5.41, 5.74) is -0.804. The summed E-state index contributed by atoms with van der Waals surface area (Å²) in [6, 6.07) is 0. The lowest BCUT2D eigenvalue weighted by molar-refractivity contribution is -0.122. The summed E-state index contributed by atoms with van der Waals surface area (Å²) in [7, 11) is 0. The van der Waals surface area contributed by atoms with Crippen LogP contribution in [0.5, 0.6) is 0 Å². The minimum atomic E-state index is -0.804. The third-order valence-electron chi connectivity index (χ3n) is 3.30. The number of piperidine rings is 1. The van der Waals surface area contributed by atoms with Crippen LogP contribution in [-0.2, 0) is 4.79 Å². The summed E-state index contributed by atoms with van der Waals surface area (Å²) in [4.78, 5) is 11.7. The number of hydrogen-bond acceptors (Lipinski definition) is 4. The average molecular weight is 274 g/mol. The maximum Gasteiger partial charge on any atom is 0.220 e. The number of carbonyl (C=O) groups is 1. The van der Waals surface area contributed by atoms with Gasteiger partial charge in [-0.3, -0.25) is 4.79 Å². The Kier molecular flexibility index (Phi) is 7.04. The van der Waals surface area contributed by atoms with Gasteiger partial charge in [0.15, 0.2) is 0 Å². The van der Waals surface area contributed by atoms with Crippen molar-refractivity contribution in [2.24, 2.45) is 5.92 Å². The van der Waals surface area contributed by atoms with Crippen LogP contribution in [-0.4, -0.2) is 48.3 Å². The molecule has 106 valence electrons. The predicted octanol–water partition coefficient (Wildman–Crippen LogP) is 0.996. The first kappa shape index (κ1) is 15.8. The molecule has 2 unspecified atom stereocenters. The Bertz CT molecular complexity index is 253. The zero-order valence-corrected chi connectivity index (χ0v) is 12.3. The van der Waals surface area contributed by atoms with Crippen LogP contribution in [0.1, 0.15) is 32.6 Å². The molecule has 0 bridgehead atoms. The highest BCUT2D eigenvalue weighted by Crippen LogP contribution is 2.15. The molecular weight excluding hydrogens is 248 g/mol. The summed E-state index contributed by atoms with van der Waals surface area (Å²) in [5, 5.41) is 16.1. The molecule has 1 aliphatic heterocycles. The molecule has 1 fully saturated rings. The van der Waals surface area contributed by atoms with Crippen molar-refractivity contribution in [3.8, 4) is 0 Å². The molecule has 0 aromatic rings. The highest BCUT2D eigenvalue weighted by molar-refractivity contribution is 7.98. The van der Waals surface area contributed by atoms with Crippen molar-refractivity contribution in [2.75, 3.05) is 31.6 Å². The van der Waals surface area contributed by atoms with Gasteiger partial charge in [-0.15, -0.1) is 0 Å². The van der Waals surface area contributed by atoms with Crippen LogP contribution >= 0.6 is 11.8 Å². The first-order valence-electron chi connectivity index (χ1n) is 6.72. The molecule has 0 aliphatic carbocycles. The Hall–Kier alpha value is -0.260. The molecule has 4 nitrogen and oxygen atoms in total. The third kappa shape index (κ3) is 6.61. The lowest BCUT2D eigenvalue weighted by atomic mass is 9.94. The fraction of sp³-hybridized carbons (Fsp3) is 0.923. The molecule has 0 saturated carbocycles. The lowest BCUT2D eigenvalue weighted by Gasteiger charge is -2.24. The molecule has 1 aliphatic rings. The fourth-order valence-corrected chi connectivity index (χ4v) is 2.97. The van der Waals surface area contributed by atoms with Gasteiger partial charge in [0.2, 0.25) is 5.91 Å². The number of amides is 1. The van der Waals surface area contributed by atoms with Crippen molar-refractivity contribution in [1.82, 2.24) is 10.6 Å². The molecule has 18 heavy (non-hydrogen) atoms. The number of nitrogens with one attached hydrogen (secondary N) is 2. The highest BCUT2D eigenvalue weighted by Gasteiger charge is 2.21. The van der Waals surface area contributed by atoms with Crippen molar-refractivity contribution in [1.29, 1.82) is 0 Å². The summed E-state index contributed by atoms with van der Waals surface area (Å²) in [5.74, 6) is 1.33. The topological polar surface area (TPSA) is 61.4 Å². The van der Waals surface area contributed by atoms with Crippen molar-refractivity contribution >= 4 is 17.7 Å². The summed E-state index contributed by atoms with van der Waals surface area (Å²) < 4.78 is 0. The third-order valence-corrected chi connectivity index (χ3v) is 4.21. The molecule has 5 heteroatoms. The van der Waals surface area contributed by atoms with E-state index in [9.17, 15) is 9.90 Å². The van der Waals surface area contributed by atoms with E-state index in [0.29, 0.717) is 24.6 Å². The number of rotatable bonds is 7. The molecule has 0 aromatic heterocycles. The van der Waals surface area contributed by atoms with E-state index in [1.54, 1.807) is 18.7 Å². The lowest BCUT2D eigenvalue weighted by Crippen LogP contribution is -2.42. The fourth-order valence-electron chi connectivity index (χ4n) is 2.24. The van der Waals surface area contributed by atoms with Crippen LogP contribution in [0.4, 0.5) is 0 Å². The monoisotopic (exact) mass is 274 g/mol. The molecule has 1 heterocycles. The minimum absolute atomic E-state index is 0.0574. The van der Waals surface area contributed by atoms with Crippen molar-refractivity contribution < 1.29 is 9.90 Å². The Morgan fingerprint density at radius 2 is 2.39 bits per heavy atom. The number of carbonyl (C=O) groups excluding carboxylic acids is 1. The van der Waals surface area contributed by atoms with E-state index in [0.717, 1.165) is 19.5 Å². The van der Waals surface area contributed by atoms with E-state index in [-0.39, 0.29) is 5.91 Å². The van der Waals surface area contributed by atoms with Crippen LogP contribution in [0.15, 0.2) is 0 Å².